The van der Waals surface area contributed by atoms with Gasteiger partial charge < -0.3 is 24.8 Å². The lowest BCUT2D eigenvalue weighted by molar-refractivity contribution is 0.0284. The van der Waals surface area contributed by atoms with E-state index in [9.17, 15) is 4.79 Å². The summed E-state index contributed by atoms with van der Waals surface area (Å²) in [4.78, 5) is 16.4. The average Bonchev–Trinajstić information content (AvgIpc) is 3.21. The molecule has 0 aromatic carbocycles. The highest BCUT2D eigenvalue weighted by atomic mass is 16.6. The number of fused-ring (bicyclic) bond motifs is 1. The second-order valence-electron chi connectivity index (χ2n) is 6.98. The Hall–Kier alpha value is -1.86. The maximum absolute atomic E-state index is 12.3. The van der Waals surface area contributed by atoms with Gasteiger partial charge in [-0.1, -0.05) is 25.3 Å². The fraction of sp³-hybridized carbons (Fsp3) is 0.667. The minimum absolute atomic E-state index is 0.126. The van der Waals surface area contributed by atoms with E-state index in [4.69, 9.17) is 14.2 Å². The third kappa shape index (κ3) is 3.88. The van der Waals surface area contributed by atoms with E-state index in [-0.39, 0.29) is 36.4 Å². The van der Waals surface area contributed by atoms with E-state index >= 15 is 0 Å². The molecule has 2 aliphatic heterocycles. The van der Waals surface area contributed by atoms with Crippen LogP contribution in [0.4, 0.5) is 4.79 Å². The predicted molar refractivity (Wildman–Crippen MR) is 90.5 cm³/mol. The van der Waals surface area contributed by atoms with Crippen molar-refractivity contribution in [3.8, 4) is 5.88 Å². The number of carbonyl (C=O) groups is 1. The fourth-order valence-corrected chi connectivity index (χ4v) is 3.90. The van der Waals surface area contributed by atoms with Crippen LogP contribution in [0.5, 0.6) is 5.88 Å². The van der Waals surface area contributed by atoms with Gasteiger partial charge >= 0.3 is 6.03 Å². The predicted octanol–water partition coefficient (Wildman–Crippen LogP) is 1.63. The number of urea groups is 1. The number of hydrogen-bond acceptors (Lipinski definition) is 5. The highest BCUT2D eigenvalue weighted by molar-refractivity contribution is 5.74. The molecule has 0 radical (unpaired) electrons. The summed E-state index contributed by atoms with van der Waals surface area (Å²) in [6.07, 6.45) is 6.92. The number of rotatable bonds is 4. The summed E-state index contributed by atoms with van der Waals surface area (Å²) in [5.74, 6) is 0.562. The highest BCUT2D eigenvalue weighted by Gasteiger charge is 2.49. The molecule has 3 fully saturated rings. The summed E-state index contributed by atoms with van der Waals surface area (Å²) in [6, 6.07) is 5.56. The zero-order valence-electron chi connectivity index (χ0n) is 14.2. The third-order valence-corrected chi connectivity index (χ3v) is 5.17. The number of amides is 2. The first kappa shape index (κ1) is 16.6. The highest BCUT2D eigenvalue weighted by Crippen LogP contribution is 2.29. The maximum atomic E-state index is 12.3. The SMILES string of the molecule is O=C(NC1CCCCC1)N[C@H]1CO[C@H]2[C@@H]1OC[C@@H]2Oc1ccccn1. The number of carbonyl (C=O) groups excluding carboxylic acids is 1. The van der Waals surface area contributed by atoms with Crippen LogP contribution in [0.2, 0.25) is 0 Å². The topological polar surface area (TPSA) is 81.7 Å². The Labute approximate surface area is 147 Å². The molecule has 1 aromatic heterocycles. The molecule has 25 heavy (non-hydrogen) atoms. The lowest BCUT2D eigenvalue weighted by Gasteiger charge is -2.24. The van der Waals surface area contributed by atoms with Crippen LogP contribution >= 0.6 is 0 Å². The molecule has 7 nitrogen and oxygen atoms in total. The molecule has 3 aliphatic rings. The normalized spacial score (nSPS) is 32.2. The molecule has 4 rings (SSSR count). The molecule has 3 heterocycles. The van der Waals surface area contributed by atoms with Crippen LogP contribution in [-0.2, 0) is 9.47 Å². The minimum atomic E-state index is -0.201. The molecule has 1 aromatic rings. The van der Waals surface area contributed by atoms with E-state index in [0.717, 1.165) is 12.8 Å². The van der Waals surface area contributed by atoms with Gasteiger partial charge in [-0.15, -0.1) is 0 Å². The van der Waals surface area contributed by atoms with Gasteiger partial charge in [0.2, 0.25) is 5.88 Å². The van der Waals surface area contributed by atoms with Crippen molar-refractivity contribution in [2.75, 3.05) is 13.2 Å². The van der Waals surface area contributed by atoms with Gasteiger partial charge in [0.1, 0.15) is 12.2 Å². The Bertz CT molecular complexity index is 579. The van der Waals surface area contributed by atoms with Crippen LogP contribution in [-0.4, -0.2) is 54.6 Å². The van der Waals surface area contributed by atoms with Gasteiger partial charge in [-0.25, -0.2) is 9.78 Å². The average molecular weight is 347 g/mol. The number of aromatic nitrogens is 1. The lowest BCUT2D eigenvalue weighted by Crippen LogP contribution is -2.51. The van der Waals surface area contributed by atoms with Crippen molar-refractivity contribution in [3.05, 3.63) is 24.4 Å². The van der Waals surface area contributed by atoms with Crippen LogP contribution in [0.15, 0.2) is 24.4 Å². The standard InChI is InChI=1S/C18H25N3O4/c22-18(20-12-6-2-1-3-7-12)21-13-10-23-17-14(11-24-16(13)17)25-15-8-4-5-9-19-15/h4-5,8-9,12-14,16-17H,1-3,6-7,10-11H2,(H2,20,21,22)/t13-,14-,16+,17+/m0/s1. The largest absolute Gasteiger partial charge is 0.469 e. The van der Waals surface area contributed by atoms with Crippen LogP contribution in [0.3, 0.4) is 0 Å². The summed E-state index contributed by atoms with van der Waals surface area (Å²) in [5.41, 5.74) is 0. The van der Waals surface area contributed by atoms with Gasteiger partial charge in [0.15, 0.2) is 6.10 Å². The first-order valence-corrected chi connectivity index (χ1v) is 9.17. The molecule has 1 aliphatic carbocycles. The Morgan fingerprint density at radius 2 is 1.92 bits per heavy atom. The number of ether oxygens (including phenoxy) is 3. The van der Waals surface area contributed by atoms with Crippen molar-refractivity contribution in [3.63, 3.8) is 0 Å². The zero-order valence-corrected chi connectivity index (χ0v) is 14.2. The van der Waals surface area contributed by atoms with Crippen molar-refractivity contribution < 1.29 is 19.0 Å². The Kier molecular flexibility index (Phi) is 5.03. The second kappa shape index (κ2) is 7.58. The first-order valence-electron chi connectivity index (χ1n) is 9.17. The van der Waals surface area contributed by atoms with E-state index in [2.05, 4.69) is 15.6 Å². The Morgan fingerprint density at radius 1 is 1.08 bits per heavy atom. The van der Waals surface area contributed by atoms with Crippen molar-refractivity contribution in [1.82, 2.24) is 15.6 Å². The van der Waals surface area contributed by atoms with E-state index in [1.165, 1.54) is 19.3 Å². The molecule has 2 N–H and O–H groups in total. The van der Waals surface area contributed by atoms with Gasteiger partial charge in [-0.3, -0.25) is 0 Å². The molecule has 0 bridgehead atoms. The molecule has 2 amide bonds. The lowest BCUT2D eigenvalue weighted by atomic mass is 9.96. The summed E-state index contributed by atoms with van der Waals surface area (Å²) in [6.45, 7) is 0.879. The van der Waals surface area contributed by atoms with Crippen molar-refractivity contribution in [2.45, 2.75) is 62.5 Å². The van der Waals surface area contributed by atoms with Crippen molar-refractivity contribution >= 4 is 6.03 Å². The first-order chi connectivity index (χ1) is 12.3. The summed E-state index contributed by atoms with van der Waals surface area (Å²) >= 11 is 0. The number of hydrogen-bond donors (Lipinski definition) is 2. The van der Waals surface area contributed by atoms with Gasteiger partial charge in [0.05, 0.1) is 19.3 Å². The van der Waals surface area contributed by atoms with E-state index < -0.39 is 0 Å². The van der Waals surface area contributed by atoms with E-state index in [0.29, 0.717) is 19.1 Å². The van der Waals surface area contributed by atoms with Crippen LogP contribution in [0.1, 0.15) is 32.1 Å². The van der Waals surface area contributed by atoms with E-state index in [1.54, 1.807) is 6.20 Å². The summed E-state index contributed by atoms with van der Waals surface area (Å²) in [5, 5.41) is 6.09. The number of pyridine rings is 1. The quantitative estimate of drug-likeness (QED) is 0.865. The van der Waals surface area contributed by atoms with Gasteiger partial charge in [-0.05, 0) is 18.9 Å². The number of nitrogens with one attached hydrogen (secondary N) is 2. The summed E-state index contributed by atoms with van der Waals surface area (Å²) in [7, 11) is 0. The monoisotopic (exact) mass is 347 g/mol. The Balaban J connectivity index is 1.28. The van der Waals surface area contributed by atoms with Crippen LogP contribution in [0, 0.1) is 0 Å². The maximum Gasteiger partial charge on any atom is 0.315 e. The van der Waals surface area contributed by atoms with Gasteiger partial charge in [-0.2, -0.15) is 0 Å². The fourth-order valence-electron chi connectivity index (χ4n) is 3.90. The molecular formula is C18H25N3O4. The minimum Gasteiger partial charge on any atom is -0.469 e. The van der Waals surface area contributed by atoms with Crippen molar-refractivity contribution in [1.29, 1.82) is 0 Å². The van der Waals surface area contributed by atoms with Crippen molar-refractivity contribution in [2.24, 2.45) is 0 Å². The number of nitrogens with zero attached hydrogens (tertiary/aromatic N) is 1. The molecule has 0 unspecified atom stereocenters. The Morgan fingerprint density at radius 3 is 2.72 bits per heavy atom. The third-order valence-electron chi connectivity index (χ3n) is 5.17. The molecule has 7 heteroatoms. The molecule has 4 atom stereocenters. The summed E-state index contributed by atoms with van der Waals surface area (Å²) < 4.78 is 17.6. The zero-order chi connectivity index (χ0) is 17.1. The molecule has 136 valence electrons. The van der Waals surface area contributed by atoms with Gasteiger partial charge in [0.25, 0.3) is 0 Å². The molecular weight excluding hydrogens is 322 g/mol. The smallest absolute Gasteiger partial charge is 0.315 e. The van der Waals surface area contributed by atoms with Crippen LogP contribution < -0.4 is 15.4 Å². The second-order valence-corrected chi connectivity index (χ2v) is 6.98. The molecule has 2 saturated heterocycles. The van der Waals surface area contributed by atoms with Gasteiger partial charge in [0, 0.05) is 18.3 Å². The van der Waals surface area contributed by atoms with Crippen LogP contribution in [0.25, 0.3) is 0 Å². The molecule has 1 saturated carbocycles. The molecule has 0 spiro atoms. The van der Waals surface area contributed by atoms with E-state index in [1.807, 2.05) is 18.2 Å².